The summed E-state index contributed by atoms with van der Waals surface area (Å²) in [5, 5.41) is 8.30. The van der Waals surface area contributed by atoms with Crippen LogP contribution in [0.15, 0.2) is 18.2 Å². The summed E-state index contributed by atoms with van der Waals surface area (Å²) in [5.41, 5.74) is 0.350. The molecule has 3 N–H and O–H groups in total. The number of anilines is 1. The summed E-state index contributed by atoms with van der Waals surface area (Å²) in [5.74, 6) is -0.918. The zero-order chi connectivity index (χ0) is 13.8. The van der Waals surface area contributed by atoms with Gasteiger partial charge >= 0.3 is 0 Å². The van der Waals surface area contributed by atoms with Gasteiger partial charge < -0.3 is 16.0 Å². The van der Waals surface area contributed by atoms with E-state index in [2.05, 4.69) is 16.0 Å². The molecule has 0 unspecified atom stereocenters. The Hall–Kier alpha value is -1.66. The zero-order valence-corrected chi connectivity index (χ0v) is 11.8. The first kappa shape index (κ1) is 16.4. The Morgan fingerprint density at radius 1 is 1.40 bits per heavy atom. The lowest BCUT2D eigenvalue weighted by Crippen LogP contribution is -2.48. The Bertz CT molecular complexity index is 506. The average molecular weight is 302 g/mol. The molecule has 2 rings (SSSR count). The Morgan fingerprint density at radius 3 is 2.65 bits per heavy atom. The smallest absolute Gasteiger partial charge is 0.254 e. The topological polar surface area (TPSA) is 70.2 Å². The van der Waals surface area contributed by atoms with Crippen molar-refractivity contribution in [3.63, 3.8) is 0 Å². The number of hydrogen-bond acceptors (Lipinski definition) is 3. The summed E-state index contributed by atoms with van der Waals surface area (Å²) in [6, 6.07) is 3.93. The van der Waals surface area contributed by atoms with Crippen molar-refractivity contribution in [2.24, 2.45) is 5.92 Å². The van der Waals surface area contributed by atoms with Crippen molar-refractivity contribution in [2.45, 2.75) is 6.92 Å². The maximum Gasteiger partial charge on any atom is 0.254 e. The number of carbonyl (C=O) groups is 2. The molecule has 0 bridgehead atoms. The molecule has 1 aliphatic rings. The lowest BCUT2D eigenvalue weighted by Gasteiger charge is -2.27. The molecule has 20 heavy (non-hydrogen) atoms. The number of halogens is 2. The summed E-state index contributed by atoms with van der Waals surface area (Å²) in [6.07, 6.45) is 0. The molecule has 1 saturated heterocycles. The van der Waals surface area contributed by atoms with Crippen LogP contribution in [0, 0.1) is 11.7 Å². The highest BCUT2D eigenvalue weighted by Crippen LogP contribution is 2.15. The van der Waals surface area contributed by atoms with Crippen LogP contribution in [0.5, 0.6) is 0 Å². The molecule has 2 amide bonds. The lowest BCUT2D eigenvalue weighted by atomic mass is 10.0. The van der Waals surface area contributed by atoms with E-state index < -0.39 is 11.7 Å². The predicted octanol–water partition coefficient (Wildman–Crippen LogP) is 1.16. The quantitative estimate of drug-likeness (QED) is 0.781. The van der Waals surface area contributed by atoms with Crippen LogP contribution in [0.4, 0.5) is 10.1 Å². The SMILES string of the molecule is CC(=O)Nc1ccc(F)c(C(=O)NCC2CNC2)c1.Cl. The molecule has 0 aromatic heterocycles. The summed E-state index contributed by atoms with van der Waals surface area (Å²) < 4.78 is 13.6. The van der Waals surface area contributed by atoms with Crippen LogP contribution in [0.25, 0.3) is 0 Å². The van der Waals surface area contributed by atoms with Crippen LogP contribution in [-0.4, -0.2) is 31.4 Å². The molecule has 1 aliphatic heterocycles. The zero-order valence-electron chi connectivity index (χ0n) is 11.0. The van der Waals surface area contributed by atoms with E-state index in [1.165, 1.54) is 25.1 Å². The van der Waals surface area contributed by atoms with Crippen molar-refractivity contribution in [1.29, 1.82) is 0 Å². The van der Waals surface area contributed by atoms with Gasteiger partial charge in [-0.1, -0.05) is 0 Å². The second-order valence-electron chi connectivity index (χ2n) is 4.61. The van der Waals surface area contributed by atoms with E-state index in [1.54, 1.807) is 0 Å². The standard InChI is InChI=1S/C13H16FN3O2.ClH/c1-8(18)17-10-2-3-12(14)11(4-10)13(19)16-7-9-5-15-6-9;/h2-4,9,15H,5-7H2,1H3,(H,16,19)(H,17,18);1H. The van der Waals surface area contributed by atoms with Crippen molar-refractivity contribution >= 4 is 29.9 Å². The van der Waals surface area contributed by atoms with Gasteiger partial charge in [-0.3, -0.25) is 9.59 Å². The van der Waals surface area contributed by atoms with Gasteiger partial charge in [-0.15, -0.1) is 12.4 Å². The number of nitrogens with one attached hydrogen (secondary N) is 3. The normalized spacial score (nSPS) is 13.9. The first-order chi connectivity index (χ1) is 9.06. The molecule has 0 atom stereocenters. The number of carbonyl (C=O) groups excluding carboxylic acids is 2. The summed E-state index contributed by atoms with van der Waals surface area (Å²) in [7, 11) is 0. The number of amides is 2. The Labute approximate surface area is 122 Å². The van der Waals surface area contributed by atoms with Crippen LogP contribution in [0.3, 0.4) is 0 Å². The molecule has 0 aliphatic carbocycles. The van der Waals surface area contributed by atoms with Crippen LogP contribution >= 0.6 is 12.4 Å². The van der Waals surface area contributed by atoms with E-state index in [0.717, 1.165) is 13.1 Å². The highest BCUT2D eigenvalue weighted by molar-refractivity contribution is 5.97. The largest absolute Gasteiger partial charge is 0.352 e. The van der Waals surface area contributed by atoms with E-state index in [-0.39, 0.29) is 23.9 Å². The average Bonchev–Trinajstić information content (AvgIpc) is 2.28. The lowest BCUT2D eigenvalue weighted by molar-refractivity contribution is -0.114. The van der Waals surface area contributed by atoms with Gasteiger partial charge in [0.2, 0.25) is 5.91 Å². The van der Waals surface area contributed by atoms with Gasteiger partial charge in [-0.2, -0.15) is 0 Å². The minimum Gasteiger partial charge on any atom is -0.352 e. The maximum atomic E-state index is 13.6. The molecule has 1 aromatic rings. The van der Waals surface area contributed by atoms with Crippen molar-refractivity contribution < 1.29 is 14.0 Å². The van der Waals surface area contributed by atoms with Crippen molar-refractivity contribution in [3.05, 3.63) is 29.6 Å². The first-order valence-electron chi connectivity index (χ1n) is 6.12. The van der Waals surface area contributed by atoms with Gasteiger partial charge in [0.05, 0.1) is 5.56 Å². The van der Waals surface area contributed by atoms with Crippen LogP contribution in [0.2, 0.25) is 0 Å². The molecule has 7 heteroatoms. The third-order valence-electron chi connectivity index (χ3n) is 2.95. The fraction of sp³-hybridized carbons (Fsp3) is 0.385. The molecule has 5 nitrogen and oxygen atoms in total. The van der Waals surface area contributed by atoms with E-state index in [9.17, 15) is 14.0 Å². The molecule has 1 fully saturated rings. The maximum absolute atomic E-state index is 13.6. The Morgan fingerprint density at radius 2 is 2.10 bits per heavy atom. The third-order valence-corrected chi connectivity index (χ3v) is 2.95. The molecule has 0 radical (unpaired) electrons. The van der Waals surface area contributed by atoms with Crippen LogP contribution in [0.1, 0.15) is 17.3 Å². The number of hydrogen-bond donors (Lipinski definition) is 3. The second-order valence-corrected chi connectivity index (χ2v) is 4.61. The van der Waals surface area contributed by atoms with E-state index in [4.69, 9.17) is 0 Å². The second kappa shape index (κ2) is 7.21. The van der Waals surface area contributed by atoms with Gasteiger partial charge in [-0.25, -0.2) is 4.39 Å². The van der Waals surface area contributed by atoms with E-state index in [0.29, 0.717) is 18.2 Å². The predicted molar refractivity (Wildman–Crippen MR) is 76.6 cm³/mol. The summed E-state index contributed by atoms with van der Waals surface area (Å²) >= 11 is 0. The fourth-order valence-corrected chi connectivity index (χ4v) is 1.81. The van der Waals surface area contributed by atoms with E-state index in [1.807, 2.05) is 0 Å². The minimum absolute atomic E-state index is 0. The molecule has 0 saturated carbocycles. The Balaban J connectivity index is 0.00000200. The number of benzene rings is 1. The Kier molecular flexibility index (Phi) is 5.91. The number of rotatable bonds is 4. The van der Waals surface area contributed by atoms with Crippen molar-refractivity contribution in [1.82, 2.24) is 10.6 Å². The molecule has 1 heterocycles. The molecular formula is C13H17ClFN3O2. The third kappa shape index (κ3) is 4.18. The van der Waals surface area contributed by atoms with Gasteiger partial charge in [-0.05, 0) is 18.2 Å². The van der Waals surface area contributed by atoms with Gasteiger partial charge in [0.15, 0.2) is 0 Å². The summed E-state index contributed by atoms with van der Waals surface area (Å²) in [4.78, 5) is 22.8. The molecule has 1 aromatic carbocycles. The first-order valence-corrected chi connectivity index (χ1v) is 6.12. The van der Waals surface area contributed by atoms with Crippen LogP contribution in [-0.2, 0) is 4.79 Å². The molecule has 110 valence electrons. The summed E-state index contributed by atoms with van der Waals surface area (Å²) in [6.45, 7) is 3.62. The fourth-order valence-electron chi connectivity index (χ4n) is 1.81. The van der Waals surface area contributed by atoms with Gasteiger partial charge in [0.1, 0.15) is 5.82 Å². The molecule has 0 spiro atoms. The highest BCUT2D eigenvalue weighted by atomic mass is 35.5. The van der Waals surface area contributed by atoms with Gasteiger partial charge in [0.25, 0.3) is 5.91 Å². The van der Waals surface area contributed by atoms with Crippen molar-refractivity contribution in [3.8, 4) is 0 Å². The van der Waals surface area contributed by atoms with Crippen molar-refractivity contribution in [2.75, 3.05) is 25.0 Å². The minimum atomic E-state index is -0.599. The van der Waals surface area contributed by atoms with E-state index >= 15 is 0 Å². The molecular weight excluding hydrogens is 285 g/mol. The van der Waals surface area contributed by atoms with Gasteiger partial charge in [0, 0.05) is 38.2 Å². The van der Waals surface area contributed by atoms with Crippen LogP contribution < -0.4 is 16.0 Å². The monoisotopic (exact) mass is 301 g/mol. The highest BCUT2D eigenvalue weighted by Gasteiger charge is 2.19.